The summed E-state index contributed by atoms with van der Waals surface area (Å²) in [7, 11) is 2.12. The molecular weight excluding hydrogens is 418 g/mol. The minimum absolute atomic E-state index is 0.231. The number of carbonyl (C=O) groups is 1. The molecule has 0 aromatic carbocycles. The standard InChI is InChI=1S/C21H24F2N8O/c1-12(32)26-17-8-16-15(9-25-17)19(30-13-4-5-14(30)11-29(3)10-13)28-31(16)18-6-7-24-20(27-18)21(2,22)23/h6-9,13-14H,4-5,10-11H2,1-3H3,(H,25,26,32). The number of pyridine rings is 1. The molecule has 2 aliphatic rings. The van der Waals surface area contributed by atoms with Gasteiger partial charge < -0.3 is 15.1 Å². The topological polar surface area (TPSA) is 92.1 Å². The van der Waals surface area contributed by atoms with E-state index in [1.165, 1.54) is 17.8 Å². The molecule has 0 radical (unpaired) electrons. The second kappa shape index (κ2) is 7.44. The molecule has 2 saturated heterocycles. The Kier molecular flexibility index (Phi) is 4.81. The number of amides is 1. The summed E-state index contributed by atoms with van der Waals surface area (Å²) in [5.41, 5.74) is 0.626. The first-order valence-corrected chi connectivity index (χ1v) is 10.6. The first-order valence-electron chi connectivity index (χ1n) is 10.6. The number of fused-ring (bicyclic) bond motifs is 3. The van der Waals surface area contributed by atoms with Crippen molar-refractivity contribution in [1.29, 1.82) is 0 Å². The minimum atomic E-state index is -3.18. The van der Waals surface area contributed by atoms with Crippen molar-refractivity contribution in [3.63, 3.8) is 0 Å². The number of hydrogen-bond acceptors (Lipinski definition) is 7. The van der Waals surface area contributed by atoms with Crippen LogP contribution in [0.2, 0.25) is 0 Å². The van der Waals surface area contributed by atoms with Crippen LogP contribution in [0.3, 0.4) is 0 Å². The fourth-order valence-electron chi connectivity index (χ4n) is 4.75. The highest BCUT2D eigenvalue weighted by Gasteiger charge is 2.41. The van der Waals surface area contributed by atoms with Gasteiger partial charge in [0.05, 0.1) is 10.9 Å². The summed E-state index contributed by atoms with van der Waals surface area (Å²) in [6.07, 6.45) is 5.12. The van der Waals surface area contributed by atoms with Crippen LogP contribution in [0.25, 0.3) is 16.7 Å². The Labute approximate surface area is 183 Å². The zero-order valence-corrected chi connectivity index (χ0v) is 18.1. The van der Waals surface area contributed by atoms with Crippen LogP contribution in [-0.4, -0.2) is 67.8 Å². The lowest BCUT2D eigenvalue weighted by Gasteiger charge is -2.39. The average Bonchev–Trinajstić information content (AvgIpc) is 3.21. The molecule has 0 aliphatic carbocycles. The number of anilines is 2. The summed E-state index contributed by atoms with van der Waals surface area (Å²) in [5.74, 6) is -2.66. The maximum atomic E-state index is 13.9. The first-order chi connectivity index (χ1) is 15.2. The SMILES string of the molecule is CC(=O)Nc1cc2c(cn1)c(N1C3CCC1CN(C)C3)nn2-c1ccnc(C(C)(F)F)n1. The van der Waals surface area contributed by atoms with Crippen molar-refractivity contribution in [2.75, 3.05) is 30.4 Å². The third-order valence-electron chi connectivity index (χ3n) is 6.01. The normalized spacial score (nSPS) is 21.3. The van der Waals surface area contributed by atoms with Crippen LogP contribution in [-0.2, 0) is 10.7 Å². The number of rotatable bonds is 4. The molecule has 11 heteroatoms. The van der Waals surface area contributed by atoms with E-state index in [9.17, 15) is 13.6 Å². The number of likely N-dealkylation sites (tertiary alicyclic amines) is 1. The van der Waals surface area contributed by atoms with Gasteiger partial charge in [0.2, 0.25) is 11.7 Å². The highest BCUT2D eigenvalue weighted by atomic mass is 19.3. The van der Waals surface area contributed by atoms with Crippen LogP contribution in [0.1, 0.15) is 32.5 Å². The fourth-order valence-corrected chi connectivity index (χ4v) is 4.75. The molecule has 5 rings (SSSR count). The summed E-state index contributed by atoms with van der Waals surface area (Å²) < 4.78 is 29.3. The van der Waals surface area contributed by atoms with Crippen molar-refractivity contribution in [2.24, 2.45) is 0 Å². The van der Waals surface area contributed by atoms with Crippen LogP contribution < -0.4 is 10.2 Å². The molecule has 5 heterocycles. The summed E-state index contributed by atoms with van der Waals surface area (Å²) in [6, 6.07) is 3.88. The van der Waals surface area contributed by atoms with Gasteiger partial charge in [-0.1, -0.05) is 0 Å². The van der Waals surface area contributed by atoms with E-state index >= 15 is 0 Å². The Bertz CT molecular complexity index is 1180. The van der Waals surface area contributed by atoms with Gasteiger partial charge in [-0.05, 0) is 19.9 Å². The molecule has 2 unspecified atom stereocenters. The highest BCUT2D eigenvalue weighted by molar-refractivity contribution is 5.95. The van der Waals surface area contributed by atoms with Crippen molar-refractivity contribution in [3.8, 4) is 5.82 Å². The third kappa shape index (κ3) is 3.56. The van der Waals surface area contributed by atoms with Crippen molar-refractivity contribution in [2.45, 2.75) is 44.7 Å². The van der Waals surface area contributed by atoms with Gasteiger partial charge in [0.1, 0.15) is 5.82 Å². The van der Waals surface area contributed by atoms with Crippen molar-refractivity contribution in [3.05, 3.63) is 30.4 Å². The van der Waals surface area contributed by atoms with Gasteiger partial charge in [0.15, 0.2) is 11.6 Å². The van der Waals surface area contributed by atoms with Gasteiger partial charge in [-0.3, -0.25) is 4.79 Å². The second-order valence-electron chi connectivity index (χ2n) is 8.64. The monoisotopic (exact) mass is 442 g/mol. The van der Waals surface area contributed by atoms with Crippen LogP contribution >= 0.6 is 0 Å². The summed E-state index contributed by atoms with van der Waals surface area (Å²) >= 11 is 0. The highest BCUT2D eigenvalue weighted by Crippen LogP contribution is 2.38. The summed E-state index contributed by atoms with van der Waals surface area (Å²) in [4.78, 5) is 28.4. The molecule has 32 heavy (non-hydrogen) atoms. The first kappa shape index (κ1) is 20.7. The van der Waals surface area contributed by atoms with Gasteiger partial charge in [0, 0.05) is 63.5 Å². The van der Waals surface area contributed by atoms with Crippen LogP contribution in [0.5, 0.6) is 0 Å². The van der Waals surface area contributed by atoms with Crippen LogP contribution in [0.4, 0.5) is 20.4 Å². The zero-order valence-electron chi connectivity index (χ0n) is 18.1. The number of nitrogens with zero attached hydrogens (tertiary/aromatic N) is 7. The predicted octanol–water partition coefficient (Wildman–Crippen LogP) is 2.56. The lowest BCUT2D eigenvalue weighted by Crippen LogP contribution is -2.52. The Balaban J connectivity index is 1.68. The molecule has 2 atom stereocenters. The van der Waals surface area contributed by atoms with E-state index in [4.69, 9.17) is 5.10 Å². The van der Waals surface area contributed by atoms with Crippen LogP contribution in [0, 0.1) is 0 Å². The maximum Gasteiger partial charge on any atom is 0.303 e. The van der Waals surface area contributed by atoms with Crippen LogP contribution in [0.15, 0.2) is 24.5 Å². The van der Waals surface area contributed by atoms with Crippen molar-refractivity contribution < 1.29 is 13.6 Å². The number of halogens is 2. The van der Waals surface area contributed by atoms with Crippen molar-refractivity contribution in [1.82, 2.24) is 29.6 Å². The number of aromatic nitrogens is 5. The second-order valence-corrected chi connectivity index (χ2v) is 8.64. The average molecular weight is 442 g/mol. The molecule has 2 bridgehead atoms. The summed E-state index contributed by atoms with van der Waals surface area (Å²) in [5, 5.41) is 8.28. The Morgan fingerprint density at radius 2 is 1.94 bits per heavy atom. The number of alkyl halides is 2. The zero-order chi connectivity index (χ0) is 22.6. The molecule has 9 nitrogen and oxygen atoms in total. The molecule has 1 N–H and O–H groups in total. The van der Waals surface area contributed by atoms with Crippen molar-refractivity contribution >= 4 is 28.4 Å². The van der Waals surface area contributed by atoms with E-state index in [-0.39, 0.29) is 11.7 Å². The Morgan fingerprint density at radius 3 is 2.59 bits per heavy atom. The largest absolute Gasteiger partial charge is 0.346 e. The maximum absolute atomic E-state index is 13.9. The van der Waals surface area contributed by atoms with E-state index in [0.29, 0.717) is 23.4 Å². The van der Waals surface area contributed by atoms with Gasteiger partial charge >= 0.3 is 5.92 Å². The lowest BCUT2D eigenvalue weighted by molar-refractivity contribution is -0.114. The molecule has 2 fully saturated rings. The minimum Gasteiger partial charge on any atom is -0.346 e. The number of piperazine rings is 1. The number of carbonyl (C=O) groups excluding carboxylic acids is 1. The Hall–Kier alpha value is -3.21. The van der Waals surface area contributed by atoms with Gasteiger partial charge in [-0.2, -0.15) is 8.78 Å². The Morgan fingerprint density at radius 1 is 1.22 bits per heavy atom. The molecule has 0 saturated carbocycles. The van der Waals surface area contributed by atoms with Gasteiger partial charge in [-0.25, -0.2) is 19.6 Å². The summed E-state index contributed by atoms with van der Waals surface area (Å²) in [6.45, 7) is 4.03. The molecule has 3 aromatic heterocycles. The third-order valence-corrected chi connectivity index (χ3v) is 6.01. The number of likely N-dealkylation sites (N-methyl/N-ethyl adjacent to an activating group) is 1. The van der Waals surface area contributed by atoms with Gasteiger partial charge in [0.25, 0.3) is 0 Å². The number of hydrogen-bond donors (Lipinski definition) is 1. The molecule has 168 valence electrons. The lowest BCUT2D eigenvalue weighted by atomic mass is 10.2. The molecule has 3 aromatic rings. The number of nitrogens with one attached hydrogen (secondary N) is 1. The molecule has 0 spiro atoms. The van der Waals surface area contributed by atoms with Gasteiger partial charge in [-0.15, -0.1) is 5.10 Å². The van der Waals surface area contributed by atoms with E-state index in [0.717, 1.165) is 44.1 Å². The van der Waals surface area contributed by atoms with E-state index < -0.39 is 11.7 Å². The van der Waals surface area contributed by atoms with E-state index in [1.54, 1.807) is 18.3 Å². The fraction of sp³-hybridized carbons (Fsp3) is 0.476. The molecular formula is C21H24F2N8O. The van der Waals surface area contributed by atoms with E-state index in [1.807, 2.05) is 0 Å². The molecule has 1 amide bonds. The quantitative estimate of drug-likeness (QED) is 0.664. The predicted molar refractivity (Wildman–Crippen MR) is 115 cm³/mol. The van der Waals surface area contributed by atoms with E-state index in [2.05, 4.69) is 37.1 Å². The molecule has 2 aliphatic heterocycles. The smallest absolute Gasteiger partial charge is 0.303 e.